The zero-order valence-electron chi connectivity index (χ0n) is 10.5. The molecule has 1 aliphatic heterocycles. The minimum absolute atomic E-state index is 0.207. The van der Waals surface area contributed by atoms with E-state index in [9.17, 15) is 9.59 Å². The zero-order valence-corrected chi connectivity index (χ0v) is 11.3. The molecular formula is C11H15N3O4S. The van der Waals surface area contributed by atoms with Gasteiger partial charge in [-0.1, -0.05) is 5.16 Å². The summed E-state index contributed by atoms with van der Waals surface area (Å²) in [5.41, 5.74) is -0.367. The van der Waals surface area contributed by atoms with Crippen LogP contribution in [0.3, 0.4) is 0 Å². The van der Waals surface area contributed by atoms with Crippen molar-refractivity contribution in [2.75, 3.05) is 30.5 Å². The summed E-state index contributed by atoms with van der Waals surface area (Å²) in [5, 5.41) is 8.40. The Morgan fingerprint density at radius 1 is 1.58 bits per heavy atom. The highest BCUT2D eigenvalue weighted by Gasteiger charge is 2.35. The number of nitrogens with one attached hydrogen (secondary N) is 2. The van der Waals surface area contributed by atoms with E-state index in [-0.39, 0.29) is 11.4 Å². The maximum Gasteiger partial charge on any atom is 0.314 e. The first-order valence-corrected chi connectivity index (χ1v) is 6.93. The van der Waals surface area contributed by atoms with Crippen LogP contribution in [0.4, 0.5) is 5.82 Å². The van der Waals surface area contributed by atoms with E-state index in [0.717, 1.165) is 17.9 Å². The molecule has 2 heterocycles. The number of hydrogen-bond donors (Lipinski definition) is 2. The topological polar surface area (TPSA) is 93.5 Å². The van der Waals surface area contributed by atoms with Crippen molar-refractivity contribution in [3.8, 4) is 0 Å². The molecule has 1 unspecified atom stereocenters. The first kappa shape index (κ1) is 13.9. The van der Waals surface area contributed by atoms with Crippen LogP contribution in [0.1, 0.15) is 6.42 Å². The molecule has 0 aromatic carbocycles. The number of carbonyl (C=O) groups excluding carboxylic acids is 2. The average molecular weight is 285 g/mol. The molecule has 1 aromatic rings. The summed E-state index contributed by atoms with van der Waals surface area (Å²) in [7, 11) is 1.62. The number of nitrogens with zero attached hydrogens (tertiary/aromatic N) is 1. The number of rotatable bonds is 4. The van der Waals surface area contributed by atoms with Crippen molar-refractivity contribution in [3.05, 3.63) is 12.3 Å². The molecule has 1 atom stereocenters. The van der Waals surface area contributed by atoms with E-state index in [0.29, 0.717) is 6.54 Å². The van der Waals surface area contributed by atoms with Gasteiger partial charge in [0.2, 0.25) is 0 Å². The number of carbonyl (C=O) groups is 2. The van der Waals surface area contributed by atoms with Gasteiger partial charge in [-0.25, -0.2) is 0 Å². The Morgan fingerprint density at radius 2 is 2.42 bits per heavy atom. The molecule has 0 spiro atoms. The molecule has 0 radical (unpaired) electrons. The van der Waals surface area contributed by atoms with Crippen molar-refractivity contribution >= 4 is 29.4 Å². The summed E-state index contributed by atoms with van der Waals surface area (Å²) in [6, 6.07) is 1.45. The maximum absolute atomic E-state index is 11.6. The van der Waals surface area contributed by atoms with Gasteiger partial charge >= 0.3 is 11.8 Å². The third-order valence-electron chi connectivity index (χ3n) is 2.96. The van der Waals surface area contributed by atoms with Gasteiger partial charge in [-0.3, -0.25) is 14.9 Å². The molecule has 2 rings (SSSR count). The molecule has 8 heteroatoms. The predicted octanol–water partition coefficient (Wildman–Crippen LogP) is 0.251. The Morgan fingerprint density at radius 3 is 3.00 bits per heavy atom. The lowest BCUT2D eigenvalue weighted by atomic mass is 10.0. The monoisotopic (exact) mass is 285 g/mol. The van der Waals surface area contributed by atoms with Crippen molar-refractivity contribution in [2.45, 2.75) is 12.0 Å². The van der Waals surface area contributed by atoms with E-state index in [2.05, 4.69) is 20.3 Å². The summed E-state index contributed by atoms with van der Waals surface area (Å²) in [4.78, 5) is 23.2. The fourth-order valence-corrected chi connectivity index (χ4v) is 3.13. The highest BCUT2D eigenvalue weighted by molar-refractivity contribution is 7.99. The van der Waals surface area contributed by atoms with Crippen LogP contribution in [0.25, 0.3) is 0 Å². The van der Waals surface area contributed by atoms with Gasteiger partial charge in [0.25, 0.3) is 0 Å². The number of ether oxygens (including phenoxy) is 1. The average Bonchev–Trinajstić information content (AvgIpc) is 3.07. The fraction of sp³-hybridized carbons (Fsp3) is 0.545. The molecule has 0 bridgehead atoms. The fourth-order valence-electron chi connectivity index (χ4n) is 1.73. The number of methoxy groups -OCH3 is 1. The second kappa shape index (κ2) is 6.07. The minimum Gasteiger partial charge on any atom is -0.376 e. The Hall–Kier alpha value is -1.54. The van der Waals surface area contributed by atoms with Crippen molar-refractivity contribution in [1.29, 1.82) is 0 Å². The number of anilines is 1. The van der Waals surface area contributed by atoms with Gasteiger partial charge in [0.1, 0.15) is 6.26 Å². The van der Waals surface area contributed by atoms with Crippen LogP contribution in [-0.2, 0) is 14.3 Å². The highest BCUT2D eigenvalue weighted by Crippen LogP contribution is 2.30. The number of thioether (sulfide) groups is 1. The number of hydrogen-bond acceptors (Lipinski definition) is 6. The molecule has 7 nitrogen and oxygen atoms in total. The third kappa shape index (κ3) is 3.48. The van der Waals surface area contributed by atoms with Crippen LogP contribution in [0.5, 0.6) is 0 Å². The molecular weight excluding hydrogens is 270 g/mol. The molecule has 0 saturated carbocycles. The molecule has 1 aliphatic rings. The molecule has 0 aliphatic carbocycles. The summed E-state index contributed by atoms with van der Waals surface area (Å²) in [5.74, 6) is 0.531. The van der Waals surface area contributed by atoms with Crippen molar-refractivity contribution in [3.63, 3.8) is 0 Å². The normalized spacial score (nSPS) is 22.2. The summed E-state index contributed by atoms with van der Waals surface area (Å²) >= 11 is 1.77. The Labute approximate surface area is 114 Å². The lowest BCUT2D eigenvalue weighted by Gasteiger charge is -2.26. The van der Waals surface area contributed by atoms with Crippen molar-refractivity contribution in [1.82, 2.24) is 10.5 Å². The van der Waals surface area contributed by atoms with Crippen LogP contribution >= 0.6 is 11.8 Å². The summed E-state index contributed by atoms with van der Waals surface area (Å²) in [6.07, 6.45) is 2.17. The van der Waals surface area contributed by atoms with Crippen LogP contribution in [0, 0.1) is 0 Å². The third-order valence-corrected chi connectivity index (χ3v) is 4.18. The van der Waals surface area contributed by atoms with Gasteiger partial charge < -0.3 is 14.6 Å². The Bertz CT molecular complexity index is 443. The summed E-state index contributed by atoms with van der Waals surface area (Å²) in [6.45, 7) is 0.321. The van der Waals surface area contributed by atoms with E-state index < -0.39 is 11.8 Å². The SMILES string of the molecule is COC1(CNC(=O)C(=O)Nc2ccon2)CCSC1. The van der Waals surface area contributed by atoms with Crippen molar-refractivity contribution in [2.24, 2.45) is 0 Å². The quantitative estimate of drug-likeness (QED) is 0.770. The lowest BCUT2D eigenvalue weighted by Crippen LogP contribution is -2.47. The predicted molar refractivity (Wildman–Crippen MR) is 69.8 cm³/mol. The van der Waals surface area contributed by atoms with E-state index in [4.69, 9.17) is 4.74 Å². The van der Waals surface area contributed by atoms with Crippen LogP contribution in [0.15, 0.2) is 16.9 Å². The second-order valence-electron chi connectivity index (χ2n) is 4.21. The molecule has 19 heavy (non-hydrogen) atoms. The smallest absolute Gasteiger partial charge is 0.314 e. The van der Waals surface area contributed by atoms with Crippen LogP contribution in [-0.4, -0.2) is 47.7 Å². The van der Waals surface area contributed by atoms with Gasteiger partial charge in [-0.2, -0.15) is 11.8 Å². The zero-order chi connectivity index (χ0) is 13.7. The van der Waals surface area contributed by atoms with Gasteiger partial charge in [-0.05, 0) is 12.2 Å². The second-order valence-corrected chi connectivity index (χ2v) is 5.32. The van der Waals surface area contributed by atoms with Crippen LogP contribution < -0.4 is 10.6 Å². The van der Waals surface area contributed by atoms with Gasteiger partial charge in [-0.15, -0.1) is 0 Å². The van der Waals surface area contributed by atoms with Crippen LogP contribution in [0.2, 0.25) is 0 Å². The number of aromatic nitrogens is 1. The first-order chi connectivity index (χ1) is 9.15. The lowest BCUT2D eigenvalue weighted by molar-refractivity contribution is -0.136. The molecule has 1 saturated heterocycles. The largest absolute Gasteiger partial charge is 0.376 e. The van der Waals surface area contributed by atoms with Gasteiger partial charge in [0, 0.05) is 25.5 Å². The first-order valence-electron chi connectivity index (χ1n) is 5.78. The molecule has 104 valence electrons. The molecule has 1 aromatic heterocycles. The van der Waals surface area contributed by atoms with E-state index >= 15 is 0 Å². The summed E-state index contributed by atoms with van der Waals surface area (Å²) < 4.78 is 9.99. The standard InChI is InChI=1S/C11H15N3O4S/c1-17-11(3-5-19-7-11)6-12-9(15)10(16)13-8-2-4-18-14-8/h2,4H,3,5-7H2,1H3,(H,12,15)(H,13,14,16). The number of amides is 2. The van der Waals surface area contributed by atoms with E-state index in [1.165, 1.54) is 12.3 Å². The maximum atomic E-state index is 11.6. The highest BCUT2D eigenvalue weighted by atomic mass is 32.2. The molecule has 2 N–H and O–H groups in total. The molecule has 2 amide bonds. The Balaban J connectivity index is 1.82. The molecule has 1 fully saturated rings. The van der Waals surface area contributed by atoms with Gasteiger partial charge in [0.15, 0.2) is 5.82 Å². The van der Waals surface area contributed by atoms with Gasteiger partial charge in [0.05, 0.1) is 5.60 Å². The van der Waals surface area contributed by atoms with E-state index in [1.807, 2.05) is 0 Å². The Kier molecular flexibility index (Phi) is 4.43. The minimum atomic E-state index is -0.772. The van der Waals surface area contributed by atoms with E-state index in [1.54, 1.807) is 18.9 Å². The van der Waals surface area contributed by atoms with Crippen molar-refractivity contribution < 1.29 is 18.8 Å².